The molecule has 1 aliphatic rings. The van der Waals surface area contributed by atoms with E-state index in [4.69, 9.17) is 0 Å². The molecule has 1 heterocycles. The summed E-state index contributed by atoms with van der Waals surface area (Å²) in [6.45, 7) is 0.289. The van der Waals surface area contributed by atoms with Crippen LogP contribution in [-0.4, -0.2) is 55.8 Å². The van der Waals surface area contributed by atoms with Gasteiger partial charge < -0.3 is 4.90 Å². The van der Waals surface area contributed by atoms with E-state index in [0.29, 0.717) is 4.31 Å². The summed E-state index contributed by atoms with van der Waals surface area (Å²) in [7, 11) is -2.14. The Balaban J connectivity index is 2.95. The Morgan fingerprint density at radius 1 is 1.15 bits per heavy atom. The van der Waals surface area contributed by atoms with E-state index in [1.807, 2.05) is 0 Å². The maximum Gasteiger partial charge on any atom is 0.325 e. The second-order valence-electron chi connectivity index (χ2n) is 2.87. The van der Waals surface area contributed by atoms with Gasteiger partial charge in [0.1, 0.15) is 0 Å². The Bertz CT molecular complexity index is 348. The molecule has 13 heavy (non-hydrogen) atoms. The lowest BCUT2D eigenvalue weighted by Crippen LogP contribution is -2.54. The van der Waals surface area contributed by atoms with Gasteiger partial charge in [0, 0.05) is 13.6 Å². The van der Waals surface area contributed by atoms with E-state index >= 15 is 0 Å². The summed E-state index contributed by atoms with van der Waals surface area (Å²) >= 11 is 0. The monoisotopic (exact) mass is 206 g/mol. The first kappa shape index (κ1) is 9.97. The highest BCUT2D eigenvalue weighted by atomic mass is 32.2. The van der Waals surface area contributed by atoms with Crippen molar-refractivity contribution in [2.45, 2.75) is 0 Å². The molecule has 1 rings (SSSR count). The first-order valence-corrected chi connectivity index (χ1v) is 5.46. The SMILES string of the molecule is CN1CCN(S(C)(=O)=O)C(=O)C1=O. The molecule has 0 bridgehead atoms. The molecule has 0 aromatic heterocycles. The topological polar surface area (TPSA) is 74.8 Å². The van der Waals surface area contributed by atoms with Crippen LogP contribution in [0.5, 0.6) is 0 Å². The molecule has 74 valence electrons. The van der Waals surface area contributed by atoms with Crippen molar-refractivity contribution in [1.82, 2.24) is 9.21 Å². The fourth-order valence-electron chi connectivity index (χ4n) is 1.03. The first-order valence-electron chi connectivity index (χ1n) is 3.61. The Morgan fingerprint density at radius 2 is 1.69 bits per heavy atom. The Hall–Kier alpha value is -1.11. The van der Waals surface area contributed by atoms with E-state index in [1.165, 1.54) is 11.9 Å². The highest BCUT2D eigenvalue weighted by molar-refractivity contribution is 7.89. The summed E-state index contributed by atoms with van der Waals surface area (Å²) in [4.78, 5) is 23.4. The Labute approximate surface area is 76.2 Å². The molecule has 1 fully saturated rings. The van der Waals surface area contributed by atoms with Crippen LogP contribution in [-0.2, 0) is 19.6 Å². The van der Waals surface area contributed by atoms with Gasteiger partial charge in [-0.15, -0.1) is 0 Å². The number of nitrogens with zero attached hydrogens (tertiary/aromatic N) is 2. The smallest absolute Gasteiger partial charge is 0.325 e. The fraction of sp³-hybridized carbons (Fsp3) is 0.667. The normalized spacial score (nSPS) is 19.5. The maximum atomic E-state index is 11.1. The van der Waals surface area contributed by atoms with Crippen LogP contribution < -0.4 is 0 Å². The van der Waals surface area contributed by atoms with Crippen LogP contribution in [0.4, 0.5) is 0 Å². The number of sulfonamides is 1. The summed E-state index contributed by atoms with van der Waals surface area (Å²) in [5.74, 6) is -1.76. The predicted octanol–water partition coefficient (Wildman–Crippen LogP) is -1.75. The van der Waals surface area contributed by atoms with E-state index in [0.717, 1.165) is 6.26 Å². The number of carbonyl (C=O) groups is 2. The molecule has 0 aromatic carbocycles. The van der Waals surface area contributed by atoms with Crippen molar-refractivity contribution < 1.29 is 18.0 Å². The van der Waals surface area contributed by atoms with Crippen LogP contribution in [0.2, 0.25) is 0 Å². The first-order chi connectivity index (χ1) is 5.84. The molecule has 0 radical (unpaired) electrons. The van der Waals surface area contributed by atoms with Gasteiger partial charge in [-0.25, -0.2) is 12.7 Å². The lowest BCUT2D eigenvalue weighted by atomic mass is 10.4. The van der Waals surface area contributed by atoms with Crippen molar-refractivity contribution >= 4 is 21.8 Å². The van der Waals surface area contributed by atoms with Crippen molar-refractivity contribution in [3.05, 3.63) is 0 Å². The van der Waals surface area contributed by atoms with Gasteiger partial charge in [-0.05, 0) is 0 Å². The minimum Gasteiger partial charge on any atom is -0.336 e. The highest BCUT2D eigenvalue weighted by Gasteiger charge is 2.35. The molecule has 0 spiro atoms. The molecule has 0 N–H and O–H groups in total. The summed E-state index contributed by atoms with van der Waals surface area (Å²) in [5, 5.41) is 0. The molecule has 1 saturated heterocycles. The second-order valence-corrected chi connectivity index (χ2v) is 4.77. The van der Waals surface area contributed by atoms with Gasteiger partial charge >= 0.3 is 11.8 Å². The second kappa shape index (κ2) is 2.99. The number of hydrogen-bond donors (Lipinski definition) is 0. The minimum absolute atomic E-state index is 0.0416. The van der Waals surface area contributed by atoms with Crippen LogP contribution in [0.25, 0.3) is 0 Å². The number of carbonyl (C=O) groups excluding carboxylic acids is 2. The van der Waals surface area contributed by atoms with E-state index in [-0.39, 0.29) is 13.1 Å². The Morgan fingerprint density at radius 3 is 2.15 bits per heavy atom. The van der Waals surface area contributed by atoms with Gasteiger partial charge in [-0.2, -0.15) is 0 Å². The van der Waals surface area contributed by atoms with Gasteiger partial charge in [-0.3, -0.25) is 9.59 Å². The molecule has 0 aliphatic carbocycles. The van der Waals surface area contributed by atoms with Crippen LogP contribution in [0.15, 0.2) is 0 Å². The minimum atomic E-state index is -3.60. The zero-order valence-electron chi connectivity index (χ0n) is 7.35. The van der Waals surface area contributed by atoms with Crippen LogP contribution >= 0.6 is 0 Å². The standard InChI is InChI=1S/C6H10N2O4S/c1-7-3-4-8(13(2,11)12)6(10)5(7)9/h3-4H2,1-2H3. The lowest BCUT2D eigenvalue weighted by Gasteiger charge is -2.29. The average Bonchev–Trinajstić information content (AvgIpc) is 1.98. The van der Waals surface area contributed by atoms with Gasteiger partial charge in [0.2, 0.25) is 10.0 Å². The summed E-state index contributed by atoms with van der Waals surface area (Å²) in [5.41, 5.74) is 0. The van der Waals surface area contributed by atoms with E-state index in [1.54, 1.807) is 0 Å². The van der Waals surface area contributed by atoms with Crippen LogP contribution in [0, 0.1) is 0 Å². The van der Waals surface area contributed by atoms with Gasteiger partial charge in [0.25, 0.3) is 0 Å². The third kappa shape index (κ3) is 1.80. The van der Waals surface area contributed by atoms with Gasteiger partial charge in [0.15, 0.2) is 0 Å². The van der Waals surface area contributed by atoms with E-state index in [2.05, 4.69) is 0 Å². The molecule has 1 aliphatic heterocycles. The number of likely N-dealkylation sites (N-methyl/N-ethyl adjacent to an activating group) is 1. The average molecular weight is 206 g/mol. The van der Waals surface area contributed by atoms with Crippen LogP contribution in [0.3, 0.4) is 0 Å². The number of hydrogen-bond acceptors (Lipinski definition) is 4. The van der Waals surface area contributed by atoms with Gasteiger partial charge in [0.05, 0.1) is 12.8 Å². The number of rotatable bonds is 1. The molecule has 6 nitrogen and oxygen atoms in total. The van der Waals surface area contributed by atoms with Crippen molar-refractivity contribution in [2.24, 2.45) is 0 Å². The van der Waals surface area contributed by atoms with Crippen molar-refractivity contribution in [3.63, 3.8) is 0 Å². The quantitative estimate of drug-likeness (QED) is 0.477. The highest BCUT2D eigenvalue weighted by Crippen LogP contribution is 2.06. The summed E-state index contributed by atoms with van der Waals surface area (Å²) < 4.78 is 22.6. The zero-order valence-corrected chi connectivity index (χ0v) is 8.17. The maximum absolute atomic E-state index is 11.1. The molecular weight excluding hydrogens is 196 g/mol. The molecule has 0 aromatic rings. The van der Waals surface area contributed by atoms with Crippen molar-refractivity contribution in [2.75, 3.05) is 26.4 Å². The molecule has 0 unspecified atom stereocenters. The van der Waals surface area contributed by atoms with Gasteiger partial charge in [-0.1, -0.05) is 0 Å². The number of piperazine rings is 1. The molecular formula is C6H10N2O4S. The molecule has 0 atom stereocenters. The Kier molecular flexibility index (Phi) is 2.29. The van der Waals surface area contributed by atoms with Crippen LogP contribution in [0.1, 0.15) is 0 Å². The predicted molar refractivity (Wildman–Crippen MR) is 44.2 cm³/mol. The third-order valence-electron chi connectivity index (χ3n) is 1.80. The largest absolute Gasteiger partial charge is 0.336 e. The molecule has 2 amide bonds. The summed E-state index contributed by atoms with van der Waals surface area (Å²) in [6.07, 6.45) is 0.906. The molecule has 7 heteroatoms. The zero-order chi connectivity index (χ0) is 10.2. The van der Waals surface area contributed by atoms with Crippen molar-refractivity contribution in [3.8, 4) is 0 Å². The fourth-order valence-corrected chi connectivity index (χ4v) is 1.82. The number of amides is 2. The molecule has 0 saturated carbocycles. The third-order valence-corrected chi connectivity index (χ3v) is 2.94. The van der Waals surface area contributed by atoms with Crippen molar-refractivity contribution in [1.29, 1.82) is 0 Å². The van der Waals surface area contributed by atoms with E-state index < -0.39 is 21.8 Å². The lowest BCUT2D eigenvalue weighted by molar-refractivity contribution is -0.151. The van der Waals surface area contributed by atoms with E-state index in [9.17, 15) is 18.0 Å². The summed E-state index contributed by atoms with van der Waals surface area (Å²) in [6, 6.07) is 0.